The molecule has 8 nitrogen and oxygen atoms in total. The number of nitrogens with one attached hydrogen (secondary N) is 1. The molecule has 0 radical (unpaired) electrons. The minimum Gasteiger partial charge on any atom is -0.410 e. The van der Waals surface area contributed by atoms with Crippen molar-refractivity contribution in [2.45, 2.75) is 6.42 Å². The lowest BCUT2D eigenvalue weighted by atomic mass is 10.4. The highest BCUT2D eigenvalue weighted by Crippen LogP contribution is 2.16. The van der Waals surface area contributed by atoms with Crippen molar-refractivity contribution in [2.75, 3.05) is 20.3 Å². The number of aromatic nitrogens is 1. The maximum atomic E-state index is 11.4. The van der Waals surface area contributed by atoms with Crippen LogP contribution in [0.5, 0.6) is 11.6 Å². The highest BCUT2D eigenvalue weighted by atomic mass is 16.6. The number of hydrogen-bond acceptors (Lipinski definition) is 6. The predicted octanol–water partition coefficient (Wildman–Crippen LogP) is 0.664. The van der Waals surface area contributed by atoms with Gasteiger partial charge in [-0.3, -0.25) is 0 Å². The number of pyridine rings is 1. The molecule has 8 heteroatoms. The summed E-state index contributed by atoms with van der Waals surface area (Å²) in [5.74, 6) is 0.146. The van der Waals surface area contributed by atoms with Gasteiger partial charge in [0.05, 0.1) is 0 Å². The third-order valence-electron chi connectivity index (χ3n) is 1.92. The van der Waals surface area contributed by atoms with E-state index in [0.717, 1.165) is 0 Å². The van der Waals surface area contributed by atoms with E-state index in [4.69, 9.17) is 15.2 Å². The summed E-state index contributed by atoms with van der Waals surface area (Å²) in [5.41, 5.74) is 4.84. The maximum absolute atomic E-state index is 11.4. The van der Waals surface area contributed by atoms with E-state index in [1.807, 2.05) is 0 Å². The second kappa shape index (κ2) is 7.88. The van der Waals surface area contributed by atoms with Crippen LogP contribution in [0.25, 0.3) is 0 Å². The van der Waals surface area contributed by atoms with E-state index in [2.05, 4.69) is 15.0 Å². The second-order valence-electron chi connectivity index (χ2n) is 3.41. The Kier molecular flexibility index (Phi) is 6.10. The minimum atomic E-state index is -0.992. The van der Waals surface area contributed by atoms with Gasteiger partial charge >= 0.3 is 12.2 Å². The predicted molar refractivity (Wildman–Crippen MR) is 65.0 cm³/mol. The molecule has 1 heterocycles. The van der Waals surface area contributed by atoms with Gasteiger partial charge in [0, 0.05) is 32.5 Å². The second-order valence-corrected chi connectivity index (χ2v) is 3.41. The number of nitrogens with two attached hydrogens (primary N) is 1. The largest absolute Gasteiger partial charge is 0.412 e. The minimum absolute atomic E-state index is 0.0443. The van der Waals surface area contributed by atoms with Gasteiger partial charge in [-0.25, -0.2) is 14.6 Å². The zero-order valence-corrected chi connectivity index (χ0v) is 10.4. The lowest BCUT2D eigenvalue weighted by Gasteiger charge is -2.07. The molecule has 0 unspecified atom stereocenters. The molecule has 0 aromatic carbocycles. The zero-order valence-electron chi connectivity index (χ0n) is 10.4. The summed E-state index contributed by atoms with van der Waals surface area (Å²) in [5, 5.41) is 2.53. The van der Waals surface area contributed by atoms with Gasteiger partial charge in [0.2, 0.25) is 5.88 Å². The average Bonchev–Trinajstić information content (AvgIpc) is 2.34. The van der Waals surface area contributed by atoms with Crippen LogP contribution in [0.15, 0.2) is 18.3 Å². The van der Waals surface area contributed by atoms with E-state index in [-0.39, 0.29) is 11.6 Å². The quantitative estimate of drug-likeness (QED) is 0.733. The summed E-state index contributed by atoms with van der Waals surface area (Å²) >= 11 is 0. The molecule has 0 saturated heterocycles. The molecule has 0 bridgehead atoms. The summed E-state index contributed by atoms with van der Waals surface area (Å²) in [6, 6.07) is 2.72. The Balaban J connectivity index is 2.43. The molecule has 1 rings (SSSR count). The number of rotatable bonds is 6. The number of hydrogen-bond donors (Lipinski definition) is 2. The van der Waals surface area contributed by atoms with Crippen LogP contribution in [-0.4, -0.2) is 37.4 Å². The summed E-state index contributed by atoms with van der Waals surface area (Å²) in [7, 11) is 1.58. The van der Waals surface area contributed by atoms with Gasteiger partial charge in [-0.15, -0.1) is 0 Å². The van der Waals surface area contributed by atoms with Crippen LogP contribution in [0.3, 0.4) is 0 Å². The Hall–Kier alpha value is -2.35. The molecule has 0 aliphatic heterocycles. The van der Waals surface area contributed by atoms with Gasteiger partial charge in [0.1, 0.15) is 5.75 Å². The molecule has 1 aromatic rings. The summed E-state index contributed by atoms with van der Waals surface area (Å²) < 4.78 is 14.3. The number of methoxy groups -OCH3 is 1. The van der Waals surface area contributed by atoms with Gasteiger partial charge in [-0.1, -0.05) is 0 Å². The van der Waals surface area contributed by atoms with Gasteiger partial charge < -0.3 is 25.3 Å². The lowest BCUT2D eigenvalue weighted by Crippen LogP contribution is -2.28. The molecule has 19 heavy (non-hydrogen) atoms. The standard InChI is InChI=1S/C11H15N3O5/c1-17-6-2-4-14-11(16)18-8-3-5-13-9(7-8)19-10(12)15/h3,5,7H,2,4,6H2,1H3,(H2,12,15)(H,14,16). The number of primary amides is 1. The molecule has 0 atom stereocenters. The van der Waals surface area contributed by atoms with Crippen molar-refractivity contribution < 1.29 is 23.8 Å². The maximum Gasteiger partial charge on any atom is 0.412 e. The van der Waals surface area contributed by atoms with Crippen LogP contribution in [0.4, 0.5) is 9.59 Å². The van der Waals surface area contributed by atoms with Gasteiger partial charge in [-0.05, 0) is 12.5 Å². The lowest BCUT2D eigenvalue weighted by molar-refractivity contribution is 0.185. The zero-order chi connectivity index (χ0) is 14.1. The number of carbonyl (C=O) groups is 2. The highest BCUT2D eigenvalue weighted by molar-refractivity contribution is 5.70. The Bertz CT molecular complexity index is 438. The van der Waals surface area contributed by atoms with Crippen molar-refractivity contribution in [3.05, 3.63) is 18.3 Å². The average molecular weight is 269 g/mol. The molecule has 0 fully saturated rings. The van der Waals surface area contributed by atoms with Crippen LogP contribution in [0.2, 0.25) is 0 Å². The first-order valence-corrected chi connectivity index (χ1v) is 5.50. The number of amides is 2. The topological polar surface area (TPSA) is 113 Å². The molecular weight excluding hydrogens is 254 g/mol. The SMILES string of the molecule is COCCCNC(=O)Oc1ccnc(OC(N)=O)c1. The first-order chi connectivity index (χ1) is 9.11. The van der Waals surface area contributed by atoms with Crippen molar-refractivity contribution in [1.29, 1.82) is 0 Å². The fourth-order valence-corrected chi connectivity index (χ4v) is 1.16. The summed E-state index contributed by atoms with van der Waals surface area (Å²) in [6.45, 7) is 0.981. The molecule has 2 amide bonds. The third-order valence-corrected chi connectivity index (χ3v) is 1.92. The van der Waals surface area contributed by atoms with Crippen LogP contribution >= 0.6 is 0 Å². The van der Waals surface area contributed by atoms with Gasteiger partial charge in [0.15, 0.2) is 0 Å². The van der Waals surface area contributed by atoms with Crippen molar-refractivity contribution in [3.8, 4) is 11.6 Å². The van der Waals surface area contributed by atoms with Crippen LogP contribution < -0.4 is 20.5 Å². The fraction of sp³-hybridized carbons (Fsp3) is 0.364. The van der Waals surface area contributed by atoms with E-state index in [1.54, 1.807) is 7.11 Å². The van der Waals surface area contributed by atoms with Crippen molar-refractivity contribution in [3.63, 3.8) is 0 Å². The smallest absolute Gasteiger partial charge is 0.410 e. The normalized spacial score (nSPS) is 9.74. The molecule has 0 aliphatic carbocycles. The molecule has 0 saturated carbocycles. The molecule has 0 spiro atoms. The Labute approximate surface area is 109 Å². The third kappa shape index (κ3) is 6.22. The Morgan fingerprint density at radius 1 is 1.42 bits per heavy atom. The van der Waals surface area contributed by atoms with Crippen LogP contribution in [0, 0.1) is 0 Å². The Morgan fingerprint density at radius 3 is 2.89 bits per heavy atom. The molecule has 0 aliphatic rings. The summed E-state index contributed by atoms with van der Waals surface area (Å²) in [4.78, 5) is 25.6. The van der Waals surface area contributed by atoms with E-state index >= 15 is 0 Å². The van der Waals surface area contributed by atoms with Crippen LogP contribution in [0.1, 0.15) is 6.42 Å². The van der Waals surface area contributed by atoms with E-state index < -0.39 is 12.2 Å². The monoisotopic (exact) mass is 269 g/mol. The first kappa shape index (κ1) is 14.7. The number of carbonyl (C=O) groups excluding carboxylic acids is 2. The number of nitrogens with zero attached hydrogens (tertiary/aromatic N) is 1. The van der Waals surface area contributed by atoms with E-state index in [1.165, 1.54) is 18.3 Å². The van der Waals surface area contributed by atoms with E-state index in [0.29, 0.717) is 19.6 Å². The van der Waals surface area contributed by atoms with Crippen molar-refractivity contribution in [1.82, 2.24) is 10.3 Å². The highest BCUT2D eigenvalue weighted by Gasteiger charge is 2.06. The molecule has 1 aromatic heterocycles. The van der Waals surface area contributed by atoms with Gasteiger partial charge in [0.25, 0.3) is 0 Å². The van der Waals surface area contributed by atoms with Crippen molar-refractivity contribution >= 4 is 12.2 Å². The fourth-order valence-electron chi connectivity index (χ4n) is 1.16. The molecule has 3 N–H and O–H groups in total. The first-order valence-electron chi connectivity index (χ1n) is 5.50. The number of ether oxygens (including phenoxy) is 3. The Morgan fingerprint density at radius 2 is 2.21 bits per heavy atom. The van der Waals surface area contributed by atoms with E-state index in [9.17, 15) is 9.59 Å². The molecule has 104 valence electrons. The van der Waals surface area contributed by atoms with Crippen LogP contribution in [-0.2, 0) is 4.74 Å². The van der Waals surface area contributed by atoms with Gasteiger partial charge in [-0.2, -0.15) is 0 Å². The summed E-state index contributed by atoms with van der Waals surface area (Å²) in [6.07, 6.45) is 0.394. The van der Waals surface area contributed by atoms with Crippen molar-refractivity contribution in [2.24, 2.45) is 5.73 Å². The molecular formula is C11H15N3O5.